The summed E-state index contributed by atoms with van der Waals surface area (Å²) in [6.45, 7) is 1.87. The molecule has 1 aliphatic carbocycles. The molecule has 1 fully saturated rings. The van der Waals surface area contributed by atoms with Gasteiger partial charge in [-0.1, -0.05) is 55.8 Å². The fourth-order valence-corrected chi connectivity index (χ4v) is 4.02. The number of amides is 1. The van der Waals surface area contributed by atoms with Crippen molar-refractivity contribution in [1.82, 2.24) is 5.32 Å². The van der Waals surface area contributed by atoms with Gasteiger partial charge >= 0.3 is 0 Å². The van der Waals surface area contributed by atoms with Gasteiger partial charge in [0, 0.05) is 17.1 Å². The molecule has 3 rings (SSSR count). The fraction of sp³-hybridized carbons (Fsp3) is 0.409. The van der Waals surface area contributed by atoms with Gasteiger partial charge in [0.1, 0.15) is 0 Å². The third kappa shape index (κ3) is 5.33. The summed E-state index contributed by atoms with van der Waals surface area (Å²) in [6, 6.07) is 13.4. The molecule has 0 aliphatic heterocycles. The number of nitrogens with two attached hydrogens (primary N) is 1. The van der Waals surface area contributed by atoms with Crippen molar-refractivity contribution < 1.29 is 4.79 Å². The molecule has 1 amide bonds. The first kappa shape index (κ1) is 18.9. The minimum absolute atomic E-state index is 0.412. The van der Waals surface area contributed by atoms with E-state index in [0.717, 1.165) is 35.2 Å². The number of hydrogen-bond acceptors (Lipinski definition) is 2. The van der Waals surface area contributed by atoms with Crippen LogP contribution in [0.2, 0.25) is 5.02 Å². The molecule has 4 heteroatoms. The van der Waals surface area contributed by atoms with Crippen molar-refractivity contribution in [2.24, 2.45) is 11.7 Å². The van der Waals surface area contributed by atoms with Crippen molar-refractivity contribution in [1.29, 1.82) is 0 Å². The lowest BCUT2D eigenvalue weighted by atomic mass is 9.87. The standard InChI is InChI=1S/C22H27ClN2O/c23-21-13-17(15-25-11-10-16-4-2-1-3-5-16)12-20(14-21)18-6-8-19(9-7-18)22(24)26/h6-9,12-14,16,25H,1-5,10-11,15H2,(H2,24,26). The second kappa shape index (κ2) is 9.20. The Morgan fingerprint density at radius 2 is 1.77 bits per heavy atom. The van der Waals surface area contributed by atoms with Crippen molar-refractivity contribution in [2.45, 2.75) is 45.1 Å². The van der Waals surface area contributed by atoms with Gasteiger partial charge < -0.3 is 11.1 Å². The van der Waals surface area contributed by atoms with Gasteiger partial charge in [-0.05, 0) is 65.9 Å². The molecule has 3 N–H and O–H groups in total. The van der Waals surface area contributed by atoms with Gasteiger partial charge in [0.25, 0.3) is 0 Å². The SMILES string of the molecule is NC(=O)c1ccc(-c2cc(Cl)cc(CNCCC3CCCCC3)c2)cc1. The Bertz CT molecular complexity index is 736. The average molecular weight is 371 g/mol. The lowest BCUT2D eigenvalue weighted by Gasteiger charge is -2.21. The Morgan fingerprint density at radius 1 is 1.04 bits per heavy atom. The first-order chi connectivity index (χ1) is 12.6. The van der Waals surface area contributed by atoms with Crippen LogP contribution in [0.1, 0.15) is 54.4 Å². The minimum atomic E-state index is -0.412. The van der Waals surface area contributed by atoms with E-state index >= 15 is 0 Å². The van der Waals surface area contributed by atoms with E-state index in [1.165, 1.54) is 44.1 Å². The van der Waals surface area contributed by atoms with E-state index in [1.54, 1.807) is 12.1 Å². The number of carbonyl (C=O) groups is 1. The second-order valence-electron chi connectivity index (χ2n) is 7.26. The van der Waals surface area contributed by atoms with E-state index in [1.807, 2.05) is 24.3 Å². The topological polar surface area (TPSA) is 55.1 Å². The van der Waals surface area contributed by atoms with Gasteiger partial charge in [-0.3, -0.25) is 4.79 Å². The summed E-state index contributed by atoms with van der Waals surface area (Å²) in [4.78, 5) is 11.2. The summed E-state index contributed by atoms with van der Waals surface area (Å²) < 4.78 is 0. The smallest absolute Gasteiger partial charge is 0.248 e. The lowest BCUT2D eigenvalue weighted by Crippen LogP contribution is -2.19. The summed E-state index contributed by atoms with van der Waals surface area (Å²) in [5.74, 6) is 0.487. The number of halogens is 1. The first-order valence-corrected chi connectivity index (χ1v) is 9.90. The van der Waals surface area contributed by atoms with Gasteiger partial charge in [0.2, 0.25) is 5.91 Å². The predicted octanol–water partition coefficient (Wildman–Crippen LogP) is 5.17. The van der Waals surface area contributed by atoms with E-state index in [2.05, 4.69) is 11.4 Å². The summed E-state index contributed by atoms with van der Waals surface area (Å²) in [5, 5.41) is 4.29. The largest absolute Gasteiger partial charge is 0.366 e. The molecular weight excluding hydrogens is 344 g/mol. The molecule has 0 radical (unpaired) electrons. The minimum Gasteiger partial charge on any atom is -0.366 e. The maximum atomic E-state index is 11.2. The van der Waals surface area contributed by atoms with Crippen LogP contribution < -0.4 is 11.1 Å². The number of benzene rings is 2. The molecule has 3 nitrogen and oxygen atoms in total. The van der Waals surface area contributed by atoms with Crippen LogP contribution in [0.3, 0.4) is 0 Å². The molecule has 0 atom stereocenters. The van der Waals surface area contributed by atoms with Crippen molar-refractivity contribution in [3.8, 4) is 11.1 Å². The van der Waals surface area contributed by atoms with Crippen molar-refractivity contribution in [3.63, 3.8) is 0 Å². The van der Waals surface area contributed by atoms with Crippen LogP contribution in [0.4, 0.5) is 0 Å². The van der Waals surface area contributed by atoms with E-state index in [0.29, 0.717) is 5.56 Å². The van der Waals surface area contributed by atoms with E-state index in [4.69, 9.17) is 17.3 Å². The molecule has 0 saturated heterocycles. The molecule has 2 aromatic rings. The van der Waals surface area contributed by atoms with Crippen molar-refractivity contribution >= 4 is 17.5 Å². The summed E-state index contributed by atoms with van der Waals surface area (Å²) in [5.41, 5.74) is 9.08. The highest BCUT2D eigenvalue weighted by molar-refractivity contribution is 6.31. The van der Waals surface area contributed by atoms with Crippen molar-refractivity contribution in [3.05, 3.63) is 58.6 Å². The molecule has 26 heavy (non-hydrogen) atoms. The highest BCUT2D eigenvalue weighted by Gasteiger charge is 2.12. The molecule has 0 unspecified atom stereocenters. The Kier molecular flexibility index (Phi) is 6.70. The fourth-order valence-electron chi connectivity index (χ4n) is 3.76. The Labute approximate surface area is 160 Å². The summed E-state index contributed by atoms with van der Waals surface area (Å²) in [7, 11) is 0. The molecule has 1 saturated carbocycles. The second-order valence-corrected chi connectivity index (χ2v) is 7.70. The third-order valence-electron chi connectivity index (χ3n) is 5.24. The summed E-state index contributed by atoms with van der Waals surface area (Å²) in [6.07, 6.45) is 8.26. The monoisotopic (exact) mass is 370 g/mol. The zero-order valence-electron chi connectivity index (χ0n) is 15.1. The van der Waals surface area contributed by atoms with E-state index < -0.39 is 5.91 Å². The van der Waals surface area contributed by atoms with Gasteiger partial charge in [0.05, 0.1) is 0 Å². The molecule has 2 aromatic carbocycles. The normalized spacial score (nSPS) is 15.1. The van der Waals surface area contributed by atoms with Crippen LogP contribution in [-0.2, 0) is 6.54 Å². The molecule has 0 heterocycles. The average Bonchev–Trinajstić information content (AvgIpc) is 2.66. The van der Waals surface area contributed by atoms with Gasteiger partial charge in [0.15, 0.2) is 0 Å². The molecular formula is C22H27ClN2O. The molecule has 0 spiro atoms. The number of hydrogen-bond donors (Lipinski definition) is 2. The molecule has 0 aromatic heterocycles. The zero-order chi connectivity index (χ0) is 18.4. The first-order valence-electron chi connectivity index (χ1n) is 9.52. The Morgan fingerprint density at radius 3 is 2.46 bits per heavy atom. The van der Waals surface area contributed by atoms with Crippen LogP contribution >= 0.6 is 11.6 Å². The zero-order valence-corrected chi connectivity index (χ0v) is 15.9. The number of carbonyl (C=O) groups excluding carboxylic acids is 1. The lowest BCUT2D eigenvalue weighted by molar-refractivity contribution is 0.100. The van der Waals surface area contributed by atoms with Crippen molar-refractivity contribution in [2.75, 3.05) is 6.54 Å². The Balaban J connectivity index is 1.59. The van der Waals surface area contributed by atoms with Crippen LogP contribution in [0.5, 0.6) is 0 Å². The van der Waals surface area contributed by atoms with E-state index in [9.17, 15) is 4.79 Å². The van der Waals surface area contributed by atoms with Crippen LogP contribution in [0.15, 0.2) is 42.5 Å². The Hall–Kier alpha value is -1.84. The highest BCUT2D eigenvalue weighted by Crippen LogP contribution is 2.27. The van der Waals surface area contributed by atoms with Gasteiger partial charge in [-0.15, -0.1) is 0 Å². The molecule has 138 valence electrons. The highest BCUT2D eigenvalue weighted by atomic mass is 35.5. The number of primary amides is 1. The molecule has 0 bridgehead atoms. The molecule has 1 aliphatic rings. The predicted molar refractivity (Wildman–Crippen MR) is 108 cm³/mol. The van der Waals surface area contributed by atoms with Gasteiger partial charge in [-0.2, -0.15) is 0 Å². The van der Waals surface area contributed by atoms with E-state index in [-0.39, 0.29) is 0 Å². The van der Waals surface area contributed by atoms with Crippen LogP contribution in [-0.4, -0.2) is 12.5 Å². The quantitative estimate of drug-likeness (QED) is 0.661. The number of rotatable bonds is 7. The number of nitrogens with one attached hydrogen (secondary N) is 1. The van der Waals surface area contributed by atoms with Crippen LogP contribution in [0.25, 0.3) is 11.1 Å². The van der Waals surface area contributed by atoms with Gasteiger partial charge in [-0.25, -0.2) is 0 Å². The maximum Gasteiger partial charge on any atom is 0.248 e. The maximum absolute atomic E-state index is 11.2. The third-order valence-corrected chi connectivity index (χ3v) is 5.46. The van der Waals surface area contributed by atoms with Crippen LogP contribution in [0, 0.1) is 5.92 Å². The summed E-state index contributed by atoms with van der Waals surface area (Å²) >= 11 is 6.31.